The van der Waals surface area contributed by atoms with Gasteiger partial charge in [-0.1, -0.05) is 49.1 Å². The Bertz CT molecular complexity index is 603. The summed E-state index contributed by atoms with van der Waals surface area (Å²) in [4.78, 5) is 28.6. The molecule has 1 aliphatic carbocycles. The SMILES string of the molecule is Cc1cccc(CC(=O)N2CCN(C(=O)NC3CCCCC3)CC2)c1. The second-order valence-electron chi connectivity index (χ2n) is 7.32. The number of benzene rings is 1. The van der Waals surface area contributed by atoms with E-state index in [9.17, 15) is 9.59 Å². The third kappa shape index (κ3) is 4.97. The Morgan fingerprint density at radius 3 is 2.40 bits per heavy atom. The van der Waals surface area contributed by atoms with E-state index in [-0.39, 0.29) is 11.9 Å². The third-order valence-corrected chi connectivity index (χ3v) is 5.29. The monoisotopic (exact) mass is 343 g/mol. The van der Waals surface area contributed by atoms with Crippen LogP contribution in [0.2, 0.25) is 0 Å². The van der Waals surface area contributed by atoms with Gasteiger partial charge in [0.1, 0.15) is 0 Å². The van der Waals surface area contributed by atoms with Crippen LogP contribution in [0.5, 0.6) is 0 Å². The summed E-state index contributed by atoms with van der Waals surface area (Å²) in [6.07, 6.45) is 6.35. The highest BCUT2D eigenvalue weighted by Gasteiger charge is 2.25. The molecule has 1 heterocycles. The minimum atomic E-state index is 0.0395. The average Bonchev–Trinajstić information content (AvgIpc) is 2.62. The van der Waals surface area contributed by atoms with E-state index >= 15 is 0 Å². The smallest absolute Gasteiger partial charge is 0.317 e. The van der Waals surface area contributed by atoms with Crippen LogP contribution in [0.15, 0.2) is 24.3 Å². The molecule has 1 saturated heterocycles. The Hall–Kier alpha value is -2.04. The van der Waals surface area contributed by atoms with E-state index in [1.165, 1.54) is 24.8 Å². The summed E-state index contributed by atoms with van der Waals surface area (Å²) in [5.41, 5.74) is 2.23. The first kappa shape index (κ1) is 17.8. The van der Waals surface area contributed by atoms with Crippen LogP contribution in [0.1, 0.15) is 43.2 Å². The van der Waals surface area contributed by atoms with E-state index in [0.717, 1.165) is 18.4 Å². The highest BCUT2D eigenvalue weighted by molar-refractivity contribution is 5.79. The van der Waals surface area contributed by atoms with Gasteiger partial charge in [0.05, 0.1) is 6.42 Å². The Morgan fingerprint density at radius 2 is 1.72 bits per heavy atom. The molecule has 2 aliphatic rings. The largest absolute Gasteiger partial charge is 0.339 e. The standard InChI is InChI=1S/C20H29N3O2/c1-16-6-5-7-17(14-16)15-19(24)22-10-12-23(13-11-22)20(25)21-18-8-3-2-4-9-18/h5-7,14,18H,2-4,8-13,15H2,1H3,(H,21,25). The highest BCUT2D eigenvalue weighted by Crippen LogP contribution is 2.18. The number of hydrogen-bond acceptors (Lipinski definition) is 2. The van der Waals surface area contributed by atoms with Gasteiger partial charge >= 0.3 is 6.03 Å². The predicted molar refractivity (Wildman–Crippen MR) is 98.4 cm³/mol. The van der Waals surface area contributed by atoms with Gasteiger partial charge in [0, 0.05) is 32.2 Å². The van der Waals surface area contributed by atoms with Crippen LogP contribution in [0.3, 0.4) is 0 Å². The molecule has 5 heteroatoms. The fourth-order valence-electron chi connectivity index (χ4n) is 3.78. The molecule has 136 valence electrons. The first-order chi connectivity index (χ1) is 12.1. The number of aryl methyl sites for hydroxylation is 1. The summed E-state index contributed by atoms with van der Waals surface area (Å²) in [5.74, 6) is 0.151. The normalized spacial score (nSPS) is 18.9. The maximum Gasteiger partial charge on any atom is 0.317 e. The first-order valence-corrected chi connectivity index (χ1v) is 9.50. The van der Waals surface area contributed by atoms with Gasteiger partial charge in [-0.3, -0.25) is 4.79 Å². The number of rotatable bonds is 3. The second kappa shape index (κ2) is 8.37. The Labute approximate surface area is 150 Å². The molecule has 0 aromatic heterocycles. The lowest BCUT2D eigenvalue weighted by Crippen LogP contribution is -2.54. The van der Waals surface area contributed by atoms with Crippen molar-refractivity contribution in [3.8, 4) is 0 Å². The molecular formula is C20H29N3O2. The molecule has 0 spiro atoms. The van der Waals surface area contributed by atoms with Crippen molar-refractivity contribution in [3.63, 3.8) is 0 Å². The van der Waals surface area contributed by atoms with E-state index in [0.29, 0.717) is 38.6 Å². The van der Waals surface area contributed by atoms with Crippen LogP contribution in [-0.4, -0.2) is 54.0 Å². The van der Waals surface area contributed by atoms with Crippen LogP contribution < -0.4 is 5.32 Å². The molecule has 0 unspecified atom stereocenters. The van der Waals surface area contributed by atoms with Crippen LogP contribution in [0.4, 0.5) is 4.79 Å². The lowest BCUT2D eigenvalue weighted by Gasteiger charge is -2.36. The lowest BCUT2D eigenvalue weighted by molar-refractivity contribution is -0.131. The molecule has 1 aromatic carbocycles. The van der Waals surface area contributed by atoms with E-state index in [1.54, 1.807) is 0 Å². The van der Waals surface area contributed by atoms with E-state index in [2.05, 4.69) is 11.4 Å². The van der Waals surface area contributed by atoms with Crippen molar-refractivity contribution < 1.29 is 9.59 Å². The molecule has 5 nitrogen and oxygen atoms in total. The summed E-state index contributed by atoms with van der Waals surface area (Å²) < 4.78 is 0. The molecule has 3 rings (SSSR count). The zero-order valence-electron chi connectivity index (χ0n) is 15.2. The number of carbonyl (C=O) groups is 2. The maximum absolute atomic E-state index is 12.5. The van der Waals surface area contributed by atoms with Crippen molar-refractivity contribution >= 4 is 11.9 Å². The van der Waals surface area contributed by atoms with Crippen LogP contribution in [-0.2, 0) is 11.2 Å². The fraction of sp³-hybridized carbons (Fsp3) is 0.600. The molecule has 1 saturated carbocycles. The van der Waals surface area contributed by atoms with Gasteiger partial charge in [0.25, 0.3) is 0 Å². The van der Waals surface area contributed by atoms with Gasteiger partial charge in [0.2, 0.25) is 5.91 Å². The van der Waals surface area contributed by atoms with Crippen LogP contribution >= 0.6 is 0 Å². The number of hydrogen-bond donors (Lipinski definition) is 1. The zero-order chi connectivity index (χ0) is 17.6. The Kier molecular flexibility index (Phi) is 5.95. The molecule has 25 heavy (non-hydrogen) atoms. The van der Waals surface area contributed by atoms with Gasteiger partial charge in [-0.25, -0.2) is 4.79 Å². The van der Waals surface area contributed by atoms with Gasteiger partial charge < -0.3 is 15.1 Å². The molecule has 0 radical (unpaired) electrons. The molecule has 1 aromatic rings. The summed E-state index contributed by atoms with van der Waals surface area (Å²) in [7, 11) is 0. The Balaban J connectivity index is 1.44. The van der Waals surface area contributed by atoms with Crippen molar-refractivity contribution in [2.24, 2.45) is 0 Å². The van der Waals surface area contributed by atoms with Crippen molar-refractivity contribution in [1.29, 1.82) is 0 Å². The van der Waals surface area contributed by atoms with E-state index in [4.69, 9.17) is 0 Å². The summed E-state index contributed by atoms with van der Waals surface area (Å²) in [5, 5.41) is 3.16. The van der Waals surface area contributed by atoms with Crippen molar-refractivity contribution in [1.82, 2.24) is 15.1 Å². The zero-order valence-corrected chi connectivity index (χ0v) is 15.2. The van der Waals surface area contributed by atoms with E-state index < -0.39 is 0 Å². The molecular weight excluding hydrogens is 314 g/mol. The minimum Gasteiger partial charge on any atom is -0.339 e. The number of nitrogens with zero attached hydrogens (tertiary/aromatic N) is 2. The Morgan fingerprint density at radius 1 is 1.04 bits per heavy atom. The summed E-state index contributed by atoms with van der Waals surface area (Å²) in [6, 6.07) is 8.47. The first-order valence-electron chi connectivity index (χ1n) is 9.50. The third-order valence-electron chi connectivity index (χ3n) is 5.29. The number of amides is 3. The predicted octanol–water partition coefficient (Wildman–Crippen LogP) is 2.72. The van der Waals surface area contributed by atoms with Crippen LogP contribution in [0.25, 0.3) is 0 Å². The highest BCUT2D eigenvalue weighted by atomic mass is 16.2. The maximum atomic E-state index is 12.5. The number of carbonyl (C=O) groups excluding carboxylic acids is 2. The van der Waals surface area contributed by atoms with Gasteiger partial charge in [-0.2, -0.15) is 0 Å². The number of nitrogens with one attached hydrogen (secondary N) is 1. The van der Waals surface area contributed by atoms with Crippen molar-refractivity contribution in [3.05, 3.63) is 35.4 Å². The summed E-state index contributed by atoms with van der Waals surface area (Å²) >= 11 is 0. The molecule has 1 aliphatic heterocycles. The minimum absolute atomic E-state index is 0.0395. The fourth-order valence-corrected chi connectivity index (χ4v) is 3.78. The molecule has 3 amide bonds. The quantitative estimate of drug-likeness (QED) is 0.917. The molecule has 1 N–H and O–H groups in total. The second-order valence-corrected chi connectivity index (χ2v) is 7.32. The topological polar surface area (TPSA) is 52.7 Å². The molecule has 0 atom stereocenters. The van der Waals surface area contributed by atoms with E-state index in [1.807, 2.05) is 34.9 Å². The lowest BCUT2D eigenvalue weighted by atomic mass is 9.96. The summed E-state index contributed by atoms with van der Waals surface area (Å²) in [6.45, 7) is 4.54. The van der Waals surface area contributed by atoms with Crippen molar-refractivity contribution in [2.45, 2.75) is 51.5 Å². The van der Waals surface area contributed by atoms with Gasteiger partial charge in [0.15, 0.2) is 0 Å². The van der Waals surface area contributed by atoms with Gasteiger partial charge in [-0.05, 0) is 25.3 Å². The molecule has 0 bridgehead atoms. The molecule has 2 fully saturated rings. The number of piperazine rings is 1. The average molecular weight is 343 g/mol. The number of urea groups is 1. The van der Waals surface area contributed by atoms with Crippen molar-refractivity contribution in [2.75, 3.05) is 26.2 Å². The van der Waals surface area contributed by atoms with Crippen LogP contribution in [0, 0.1) is 6.92 Å². The van der Waals surface area contributed by atoms with Gasteiger partial charge in [-0.15, -0.1) is 0 Å².